The second-order valence-electron chi connectivity index (χ2n) is 4.32. The zero-order valence-electron chi connectivity index (χ0n) is 10.9. The van der Waals surface area contributed by atoms with Crippen LogP contribution in [0.4, 0.5) is 5.13 Å². The van der Waals surface area contributed by atoms with E-state index < -0.39 is 0 Å². The number of piperidine rings is 1. The highest BCUT2D eigenvalue weighted by Crippen LogP contribution is 2.30. The molecule has 18 heavy (non-hydrogen) atoms. The molecule has 0 unspecified atom stereocenters. The van der Waals surface area contributed by atoms with Crippen LogP contribution in [0, 0.1) is 6.92 Å². The predicted molar refractivity (Wildman–Crippen MR) is 76.9 cm³/mol. The standard InChI is InChI=1S/C12H18N2O2S2/c1-8-10(11(15)16-2)18-12(13-8)14-6-4-9(17-3)5-7-14/h9H,4-7H2,1-3H3. The number of ether oxygens (including phenoxy) is 1. The summed E-state index contributed by atoms with van der Waals surface area (Å²) in [6, 6.07) is 0. The highest BCUT2D eigenvalue weighted by molar-refractivity contribution is 7.99. The lowest BCUT2D eigenvalue weighted by atomic mass is 10.1. The number of hydrogen-bond donors (Lipinski definition) is 0. The van der Waals surface area contributed by atoms with Crippen molar-refractivity contribution < 1.29 is 9.53 Å². The summed E-state index contributed by atoms with van der Waals surface area (Å²) in [5.74, 6) is -0.282. The fourth-order valence-electron chi connectivity index (χ4n) is 2.08. The van der Waals surface area contributed by atoms with Crippen LogP contribution in [0.2, 0.25) is 0 Å². The van der Waals surface area contributed by atoms with Gasteiger partial charge in [0.15, 0.2) is 5.13 Å². The lowest BCUT2D eigenvalue weighted by Crippen LogP contribution is -2.34. The molecule has 1 saturated heterocycles. The van der Waals surface area contributed by atoms with E-state index in [-0.39, 0.29) is 5.97 Å². The van der Waals surface area contributed by atoms with Crippen LogP contribution in [-0.4, -0.2) is 42.7 Å². The number of thioether (sulfide) groups is 1. The van der Waals surface area contributed by atoms with Gasteiger partial charge in [0.1, 0.15) is 4.88 Å². The molecule has 0 spiro atoms. The van der Waals surface area contributed by atoms with Gasteiger partial charge in [0, 0.05) is 18.3 Å². The largest absolute Gasteiger partial charge is 0.465 e. The second-order valence-corrected chi connectivity index (χ2v) is 6.44. The van der Waals surface area contributed by atoms with Gasteiger partial charge in [-0.15, -0.1) is 0 Å². The van der Waals surface area contributed by atoms with E-state index >= 15 is 0 Å². The molecule has 1 aromatic rings. The van der Waals surface area contributed by atoms with Crippen LogP contribution in [0.25, 0.3) is 0 Å². The van der Waals surface area contributed by atoms with Crippen LogP contribution < -0.4 is 4.90 Å². The highest BCUT2D eigenvalue weighted by atomic mass is 32.2. The zero-order valence-corrected chi connectivity index (χ0v) is 12.6. The zero-order chi connectivity index (χ0) is 13.1. The number of thiazole rings is 1. The van der Waals surface area contributed by atoms with Gasteiger partial charge >= 0.3 is 5.97 Å². The molecule has 0 aromatic carbocycles. The van der Waals surface area contributed by atoms with Gasteiger partial charge in [-0.3, -0.25) is 0 Å². The van der Waals surface area contributed by atoms with E-state index in [2.05, 4.69) is 16.1 Å². The molecule has 2 rings (SSSR count). The van der Waals surface area contributed by atoms with Gasteiger partial charge in [-0.1, -0.05) is 11.3 Å². The average molecular weight is 286 g/mol. The molecular formula is C12H18N2O2S2. The molecule has 0 radical (unpaired) electrons. The number of rotatable bonds is 3. The number of methoxy groups -OCH3 is 1. The van der Waals surface area contributed by atoms with Gasteiger partial charge in [-0.2, -0.15) is 11.8 Å². The van der Waals surface area contributed by atoms with E-state index in [9.17, 15) is 4.79 Å². The molecule has 100 valence electrons. The van der Waals surface area contributed by atoms with Gasteiger partial charge < -0.3 is 9.64 Å². The summed E-state index contributed by atoms with van der Waals surface area (Å²) < 4.78 is 4.76. The monoisotopic (exact) mass is 286 g/mol. The number of carbonyl (C=O) groups is 1. The predicted octanol–water partition coefficient (Wildman–Crippen LogP) is 2.57. The number of carbonyl (C=O) groups excluding carboxylic acids is 1. The molecule has 4 nitrogen and oxygen atoms in total. The summed E-state index contributed by atoms with van der Waals surface area (Å²) in [4.78, 5) is 18.9. The van der Waals surface area contributed by atoms with Crippen LogP contribution in [0.15, 0.2) is 0 Å². The van der Waals surface area contributed by atoms with Crippen LogP contribution >= 0.6 is 23.1 Å². The summed E-state index contributed by atoms with van der Waals surface area (Å²) in [6.45, 7) is 3.92. The Morgan fingerprint density at radius 3 is 2.72 bits per heavy atom. The lowest BCUT2D eigenvalue weighted by Gasteiger charge is -2.30. The third-order valence-electron chi connectivity index (χ3n) is 3.20. The third-order valence-corrected chi connectivity index (χ3v) is 5.54. The summed E-state index contributed by atoms with van der Waals surface area (Å²) in [7, 11) is 1.41. The van der Waals surface area contributed by atoms with E-state index in [1.54, 1.807) is 0 Å². The number of hydrogen-bond acceptors (Lipinski definition) is 6. The van der Waals surface area contributed by atoms with Gasteiger partial charge in [0.2, 0.25) is 0 Å². The third kappa shape index (κ3) is 2.80. The van der Waals surface area contributed by atoms with E-state index in [4.69, 9.17) is 4.74 Å². The minimum atomic E-state index is -0.282. The molecular weight excluding hydrogens is 268 g/mol. The molecule has 1 fully saturated rings. The van der Waals surface area contributed by atoms with Gasteiger partial charge in [-0.05, 0) is 26.0 Å². The van der Waals surface area contributed by atoms with Crippen LogP contribution in [0.3, 0.4) is 0 Å². The smallest absolute Gasteiger partial charge is 0.350 e. The Labute approximate surface area is 116 Å². The van der Waals surface area contributed by atoms with Crippen molar-refractivity contribution in [1.82, 2.24) is 4.98 Å². The van der Waals surface area contributed by atoms with Gasteiger partial charge in [-0.25, -0.2) is 9.78 Å². The number of esters is 1. The van der Waals surface area contributed by atoms with E-state index in [0.717, 1.165) is 29.2 Å². The first-order valence-electron chi connectivity index (χ1n) is 5.99. The molecule has 0 saturated carbocycles. The van der Waals surface area contributed by atoms with Crippen molar-refractivity contribution in [1.29, 1.82) is 0 Å². The van der Waals surface area contributed by atoms with Crippen LogP contribution in [-0.2, 0) is 4.74 Å². The maximum absolute atomic E-state index is 11.6. The molecule has 0 aliphatic carbocycles. The highest BCUT2D eigenvalue weighted by Gasteiger charge is 2.23. The normalized spacial score (nSPS) is 16.9. The van der Waals surface area contributed by atoms with Gasteiger partial charge in [0.05, 0.1) is 12.8 Å². The van der Waals surface area contributed by atoms with E-state index in [1.165, 1.54) is 31.3 Å². The Morgan fingerprint density at radius 2 is 2.17 bits per heavy atom. The van der Waals surface area contributed by atoms with Crippen LogP contribution in [0.1, 0.15) is 28.2 Å². The molecule has 1 aromatic heterocycles. The molecule has 6 heteroatoms. The molecule has 0 N–H and O–H groups in total. The SMILES string of the molecule is COC(=O)c1sc(N2CCC(SC)CC2)nc1C. The van der Waals surface area contributed by atoms with E-state index in [0.29, 0.717) is 4.88 Å². The molecule has 1 aliphatic heterocycles. The maximum Gasteiger partial charge on any atom is 0.350 e. The van der Waals surface area contributed by atoms with Crippen molar-refractivity contribution in [3.8, 4) is 0 Å². The Hall–Kier alpha value is -0.750. The number of aromatic nitrogens is 1. The summed E-state index contributed by atoms with van der Waals surface area (Å²) >= 11 is 3.38. The lowest BCUT2D eigenvalue weighted by molar-refractivity contribution is 0.0605. The Balaban J connectivity index is 2.08. The molecule has 1 aliphatic rings. The maximum atomic E-state index is 11.6. The summed E-state index contributed by atoms with van der Waals surface area (Å²) in [5.41, 5.74) is 0.772. The molecule has 0 atom stereocenters. The van der Waals surface area contributed by atoms with Crippen molar-refractivity contribution in [3.63, 3.8) is 0 Å². The molecule has 0 bridgehead atoms. The molecule has 0 amide bonds. The quantitative estimate of drug-likeness (QED) is 0.799. The van der Waals surface area contributed by atoms with Crippen molar-refractivity contribution >= 4 is 34.2 Å². The first-order valence-corrected chi connectivity index (χ1v) is 8.09. The topological polar surface area (TPSA) is 42.4 Å². The summed E-state index contributed by atoms with van der Waals surface area (Å²) in [6.07, 6.45) is 4.55. The fourth-order valence-corrected chi connectivity index (χ4v) is 3.80. The Bertz CT molecular complexity index is 426. The molecule has 2 heterocycles. The Kier molecular flexibility index (Phi) is 4.50. The number of aryl methyl sites for hydroxylation is 1. The average Bonchev–Trinajstić information content (AvgIpc) is 2.80. The first kappa shape index (κ1) is 13.7. The Morgan fingerprint density at radius 1 is 1.50 bits per heavy atom. The van der Waals surface area contributed by atoms with Crippen LogP contribution in [0.5, 0.6) is 0 Å². The van der Waals surface area contributed by atoms with Crippen molar-refractivity contribution in [3.05, 3.63) is 10.6 Å². The fraction of sp³-hybridized carbons (Fsp3) is 0.667. The first-order chi connectivity index (χ1) is 8.65. The summed E-state index contributed by atoms with van der Waals surface area (Å²) in [5, 5.41) is 1.72. The van der Waals surface area contributed by atoms with Gasteiger partial charge in [0.25, 0.3) is 0 Å². The van der Waals surface area contributed by atoms with E-state index in [1.807, 2.05) is 18.7 Å². The minimum absolute atomic E-state index is 0.282. The van der Waals surface area contributed by atoms with Crippen molar-refractivity contribution in [2.45, 2.75) is 25.0 Å². The van der Waals surface area contributed by atoms with Crippen molar-refractivity contribution in [2.75, 3.05) is 31.4 Å². The minimum Gasteiger partial charge on any atom is -0.465 e. The number of anilines is 1. The number of nitrogens with zero attached hydrogens (tertiary/aromatic N) is 2. The van der Waals surface area contributed by atoms with Crippen molar-refractivity contribution in [2.24, 2.45) is 0 Å². The second kappa shape index (κ2) is 5.93.